The molecule has 0 aliphatic rings. The summed E-state index contributed by atoms with van der Waals surface area (Å²) in [6.45, 7) is 0.258. The van der Waals surface area contributed by atoms with Crippen molar-refractivity contribution in [2.45, 2.75) is 6.61 Å². The number of fused-ring (bicyclic) bond motifs is 1. The number of aromatic nitrogens is 2. The Morgan fingerprint density at radius 1 is 1.16 bits per heavy atom. The van der Waals surface area contributed by atoms with Crippen molar-refractivity contribution in [3.63, 3.8) is 0 Å². The van der Waals surface area contributed by atoms with Gasteiger partial charge >= 0.3 is 0 Å². The van der Waals surface area contributed by atoms with Gasteiger partial charge < -0.3 is 4.74 Å². The van der Waals surface area contributed by atoms with Crippen LogP contribution in [0.25, 0.3) is 10.2 Å². The summed E-state index contributed by atoms with van der Waals surface area (Å²) < 4.78 is 5.59. The average Bonchev–Trinajstić information content (AvgIpc) is 2.85. The zero-order chi connectivity index (χ0) is 13.2. The van der Waals surface area contributed by atoms with Crippen LogP contribution in [0.1, 0.15) is 5.82 Å². The Hall–Kier alpha value is -1.36. The first-order chi connectivity index (χ1) is 9.22. The number of halogens is 2. The lowest BCUT2D eigenvalue weighted by Crippen LogP contribution is -2.01. The summed E-state index contributed by atoms with van der Waals surface area (Å²) in [6.07, 6.45) is 0. The first-order valence-electron chi connectivity index (χ1n) is 5.50. The summed E-state index contributed by atoms with van der Waals surface area (Å²) in [5, 5.41) is 3.89. The van der Waals surface area contributed by atoms with Gasteiger partial charge in [0.05, 0.1) is 0 Å². The lowest BCUT2D eigenvalue weighted by Gasteiger charge is -2.06. The number of hydrogen-bond acceptors (Lipinski definition) is 4. The maximum absolute atomic E-state index is 6.09. The smallest absolute Gasteiger partial charge is 0.169 e. The number of thiophene rings is 1. The van der Waals surface area contributed by atoms with Crippen molar-refractivity contribution in [2.24, 2.45) is 0 Å². The van der Waals surface area contributed by atoms with Gasteiger partial charge in [0.15, 0.2) is 5.82 Å². The molecule has 3 aromatic rings. The van der Waals surface area contributed by atoms with Crippen LogP contribution in [-0.4, -0.2) is 9.97 Å². The molecule has 3 nitrogen and oxygen atoms in total. The molecule has 0 aliphatic heterocycles. The maximum Gasteiger partial charge on any atom is 0.169 e. The molecule has 96 valence electrons. The average molecular weight is 311 g/mol. The van der Waals surface area contributed by atoms with Crippen molar-refractivity contribution in [2.75, 3.05) is 0 Å². The zero-order valence-corrected chi connectivity index (χ0v) is 12.0. The highest BCUT2D eigenvalue weighted by atomic mass is 35.5. The molecule has 0 bridgehead atoms. The first kappa shape index (κ1) is 12.7. The van der Waals surface area contributed by atoms with E-state index in [4.69, 9.17) is 27.9 Å². The summed E-state index contributed by atoms with van der Waals surface area (Å²) in [4.78, 5) is 9.48. The van der Waals surface area contributed by atoms with Gasteiger partial charge in [-0.3, -0.25) is 0 Å². The zero-order valence-electron chi connectivity index (χ0n) is 9.64. The minimum absolute atomic E-state index is 0.258. The molecule has 0 spiro atoms. The molecule has 3 rings (SSSR count). The van der Waals surface area contributed by atoms with E-state index in [1.165, 1.54) is 11.3 Å². The molecule has 2 heterocycles. The Morgan fingerprint density at radius 2 is 2.05 bits per heavy atom. The van der Waals surface area contributed by atoms with E-state index < -0.39 is 0 Å². The molecule has 0 aliphatic carbocycles. The number of rotatable bonds is 3. The van der Waals surface area contributed by atoms with Crippen molar-refractivity contribution in [3.8, 4) is 5.75 Å². The highest BCUT2D eigenvalue weighted by Crippen LogP contribution is 2.25. The summed E-state index contributed by atoms with van der Waals surface area (Å²) >= 11 is 13.5. The monoisotopic (exact) mass is 310 g/mol. The fourth-order valence-electron chi connectivity index (χ4n) is 1.63. The SMILES string of the molecule is Clc1cccc(OCc2nc(Cl)c3ccsc3n2)c1. The molecular formula is C13H8Cl2N2OS. The summed E-state index contributed by atoms with van der Waals surface area (Å²) in [6, 6.07) is 9.10. The van der Waals surface area contributed by atoms with Gasteiger partial charge in [-0.15, -0.1) is 11.3 Å². The minimum atomic E-state index is 0.258. The van der Waals surface area contributed by atoms with E-state index in [0.717, 1.165) is 10.2 Å². The van der Waals surface area contributed by atoms with Crippen LogP contribution in [-0.2, 0) is 6.61 Å². The van der Waals surface area contributed by atoms with Crippen LogP contribution in [0.3, 0.4) is 0 Å². The Bertz CT molecular complexity index is 729. The molecule has 0 radical (unpaired) electrons. The van der Waals surface area contributed by atoms with E-state index in [0.29, 0.717) is 21.7 Å². The third-order valence-corrected chi connectivity index (χ3v) is 3.82. The first-order valence-corrected chi connectivity index (χ1v) is 7.14. The van der Waals surface area contributed by atoms with E-state index in [1.54, 1.807) is 12.1 Å². The topological polar surface area (TPSA) is 35.0 Å². The third kappa shape index (κ3) is 2.81. The fourth-order valence-corrected chi connectivity index (χ4v) is 2.90. The fraction of sp³-hybridized carbons (Fsp3) is 0.0769. The second kappa shape index (κ2) is 5.33. The molecule has 19 heavy (non-hydrogen) atoms. The van der Waals surface area contributed by atoms with E-state index in [-0.39, 0.29) is 6.61 Å². The van der Waals surface area contributed by atoms with Crippen LogP contribution in [0.15, 0.2) is 35.7 Å². The maximum atomic E-state index is 6.09. The van der Waals surface area contributed by atoms with E-state index in [1.807, 2.05) is 23.6 Å². The summed E-state index contributed by atoms with van der Waals surface area (Å²) in [7, 11) is 0. The largest absolute Gasteiger partial charge is 0.486 e. The molecule has 0 saturated heterocycles. The quantitative estimate of drug-likeness (QED) is 0.664. The van der Waals surface area contributed by atoms with Gasteiger partial charge in [0, 0.05) is 10.4 Å². The van der Waals surface area contributed by atoms with Crippen LogP contribution in [0.2, 0.25) is 10.2 Å². The Balaban J connectivity index is 1.81. The number of benzene rings is 1. The summed E-state index contributed by atoms with van der Waals surface area (Å²) in [5.74, 6) is 1.23. The Morgan fingerprint density at radius 3 is 2.89 bits per heavy atom. The van der Waals surface area contributed by atoms with E-state index in [9.17, 15) is 0 Å². The van der Waals surface area contributed by atoms with Crippen LogP contribution in [0, 0.1) is 0 Å². The lowest BCUT2D eigenvalue weighted by molar-refractivity contribution is 0.296. The summed E-state index contributed by atoms with van der Waals surface area (Å²) in [5.41, 5.74) is 0. The lowest BCUT2D eigenvalue weighted by atomic mass is 10.3. The molecule has 1 aromatic carbocycles. The van der Waals surface area contributed by atoms with Crippen LogP contribution in [0.4, 0.5) is 0 Å². The molecule has 0 unspecified atom stereocenters. The highest BCUT2D eigenvalue weighted by molar-refractivity contribution is 7.16. The van der Waals surface area contributed by atoms with Gasteiger partial charge in [0.1, 0.15) is 22.3 Å². The Labute approximate surface area is 123 Å². The normalized spacial score (nSPS) is 10.8. The predicted octanol–water partition coefficient (Wildman–Crippen LogP) is 4.58. The van der Waals surface area contributed by atoms with Gasteiger partial charge in [0.2, 0.25) is 0 Å². The van der Waals surface area contributed by atoms with E-state index in [2.05, 4.69) is 9.97 Å². The molecule has 6 heteroatoms. The van der Waals surface area contributed by atoms with Gasteiger partial charge in [-0.2, -0.15) is 0 Å². The van der Waals surface area contributed by atoms with E-state index >= 15 is 0 Å². The molecule has 0 N–H and O–H groups in total. The molecule has 0 saturated carbocycles. The van der Waals surface area contributed by atoms with Gasteiger partial charge in [-0.1, -0.05) is 29.3 Å². The molecule has 0 atom stereocenters. The second-order valence-corrected chi connectivity index (χ2v) is 5.51. The number of hydrogen-bond donors (Lipinski definition) is 0. The van der Waals surface area contributed by atoms with Crippen molar-refractivity contribution in [1.82, 2.24) is 9.97 Å². The highest BCUT2D eigenvalue weighted by Gasteiger charge is 2.07. The number of ether oxygens (including phenoxy) is 1. The second-order valence-electron chi connectivity index (χ2n) is 3.82. The van der Waals surface area contributed by atoms with Crippen LogP contribution in [0.5, 0.6) is 5.75 Å². The minimum Gasteiger partial charge on any atom is -0.486 e. The van der Waals surface area contributed by atoms with Gasteiger partial charge in [-0.05, 0) is 29.6 Å². The molecule has 0 amide bonds. The van der Waals surface area contributed by atoms with Gasteiger partial charge in [0.25, 0.3) is 0 Å². The third-order valence-electron chi connectivity index (χ3n) is 2.49. The Kier molecular flexibility index (Phi) is 3.55. The van der Waals surface area contributed by atoms with Crippen molar-refractivity contribution in [1.29, 1.82) is 0 Å². The number of nitrogens with zero attached hydrogens (tertiary/aromatic N) is 2. The van der Waals surface area contributed by atoms with Crippen molar-refractivity contribution >= 4 is 44.8 Å². The predicted molar refractivity (Wildman–Crippen MR) is 78.2 cm³/mol. The van der Waals surface area contributed by atoms with Crippen LogP contribution >= 0.6 is 34.5 Å². The van der Waals surface area contributed by atoms with Crippen molar-refractivity contribution < 1.29 is 4.74 Å². The molecule has 2 aromatic heterocycles. The molecule has 0 fully saturated rings. The van der Waals surface area contributed by atoms with Gasteiger partial charge in [-0.25, -0.2) is 9.97 Å². The van der Waals surface area contributed by atoms with Crippen molar-refractivity contribution in [3.05, 3.63) is 51.7 Å². The standard InChI is InChI=1S/C13H8Cl2N2OS/c14-8-2-1-3-9(6-8)18-7-11-16-12(15)10-4-5-19-13(10)17-11/h1-6H,7H2. The van der Waals surface area contributed by atoms with Crippen LogP contribution < -0.4 is 4.74 Å². The molecular weight excluding hydrogens is 303 g/mol.